The molecule has 0 aliphatic rings. The molecule has 0 aliphatic carbocycles. The van der Waals surface area contributed by atoms with E-state index in [-0.39, 0.29) is 11.7 Å². The molecule has 144 valence electrons. The molecule has 6 nitrogen and oxygen atoms in total. The summed E-state index contributed by atoms with van der Waals surface area (Å²) in [5.74, 6) is -0.585. The Labute approximate surface area is 167 Å². The predicted octanol–water partition coefficient (Wildman–Crippen LogP) is 3.58. The number of amides is 1. The van der Waals surface area contributed by atoms with Crippen molar-refractivity contribution >= 4 is 5.91 Å². The average Bonchev–Trinajstić information content (AvgIpc) is 3.19. The second kappa shape index (κ2) is 8.43. The lowest BCUT2D eigenvalue weighted by molar-refractivity contribution is 0.0947. The molecule has 0 saturated carbocycles. The van der Waals surface area contributed by atoms with Crippen molar-refractivity contribution in [1.29, 1.82) is 0 Å². The van der Waals surface area contributed by atoms with Gasteiger partial charge in [0.1, 0.15) is 17.2 Å². The van der Waals surface area contributed by atoms with Crippen LogP contribution in [0.25, 0.3) is 22.4 Å². The number of carbonyl (C=O) groups is 1. The summed E-state index contributed by atoms with van der Waals surface area (Å²) >= 11 is 0. The van der Waals surface area contributed by atoms with Gasteiger partial charge in [0.2, 0.25) is 0 Å². The fraction of sp³-hybridized carbons (Fsp3) is 0.0909. The number of rotatable bonds is 6. The van der Waals surface area contributed by atoms with Crippen LogP contribution in [0, 0.1) is 5.82 Å². The molecule has 29 heavy (non-hydrogen) atoms. The quantitative estimate of drug-likeness (QED) is 0.549. The van der Waals surface area contributed by atoms with Crippen LogP contribution >= 0.6 is 0 Å². The lowest BCUT2D eigenvalue weighted by Crippen LogP contribution is -2.28. The number of benzene rings is 1. The molecule has 7 heteroatoms. The molecule has 0 unspecified atom stereocenters. The van der Waals surface area contributed by atoms with Crippen LogP contribution in [-0.2, 0) is 6.54 Å². The van der Waals surface area contributed by atoms with E-state index in [1.165, 1.54) is 6.07 Å². The second-order valence-corrected chi connectivity index (χ2v) is 6.34. The lowest BCUT2D eigenvalue weighted by atomic mass is 10.0. The molecule has 0 saturated heterocycles. The number of hydrogen-bond acceptors (Lipinski definition) is 4. The standard InChI is InChI=1S/C22H18FN5O/c23-19-6-2-1-5-17(19)21-18(16-8-11-24-12-9-16)15-28(27-21)14-13-26-22(29)20-7-3-4-10-25-20/h1-12,15H,13-14H2,(H,26,29). The third kappa shape index (κ3) is 4.19. The van der Waals surface area contributed by atoms with Crippen molar-refractivity contribution in [2.45, 2.75) is 6.54 Å². The van der Waals surface area contributed by atoms with E-state index in [4.69, 9.17) is 0 Å². The molecule has 4 rings (SSSR count). The van der Waals surface area contributed by atoms with Crippen LogP contribution in [-0.4, -0.2) is 32.2 Å². The highest BCUT2D eigenvalue weighted by Crippen LogP contribution is 2.32. The van der Waals surface area contributed by atoms with E-state index in [9.17, 15) is 9.18 Å². The molecular weight excluding hydrogens is 369 g/mol. The van der Waals surface area contributed by atoms with Crippen molar-refractivity contribution in [3.8, 4) is 22.4 Å². The van der Waals surface area contributed by atoms with E-state index in [0.717, 1.165) is 11.1 Å². The van der Waals surface area contributed by atoms with Crippen molar-refractivity contribution in [3.05, 3.63) is 90.9 Å². The summed E-state index contributed by atoms with van der Waals surface area (Å²) in [6, 6.07) is 15.4. The third-order valence-electron chi connectivity index (χ3n) is 4.41. The number of aromatic nitrogens is 4. The van der Waals surface area contributed by atoms with E-state index in [1.54, 1.807) is 59.7 Å². The molecule has 1 N–H and O–H groups in total. The van der Waals surface area contributed by atoms with Gasteiger partial charge in [0.15, 0.2) is 0 Å². The molecule has 0 spiro atoms. The van der Waals surface area contributed by atoms with Gasteiger partial charge in [0.25, 0.3) is 5.91 Å². The van der Waals surface area contributed by atoms with E-state index >= 15 is 0 Å². The molecule has 0 aliphatic heterocycles. The molecule has 1 aromatic carbocycles. The van der Waals surface area contributed by atoms with Gasteiger partial charge in [-0.15, -0.1) is 0 Å². The van der Waals surface area contributed by atoms with Gasteiger partial charge in [-0.3, -0.25) is 19.4 Å². The normalized spacial score (nSPS) is 10.7. The van der Waals surface area contributed by atoms with Crippen LogP contribution in [0.1, 0.15) is 10.5 Å². The summed E-state index contributed by atoms with van der Waals surface area (Å²) in [7, 11) is 0. The van der Waals surface area contributed by atoms with Gasteiger partial charge >= 0.3 is 0 Å². The fourth-order valence-electron chi connectivity index (χ4n) is 3.00. The first-order valence-electron chi connectivity index (χ1n) is 9.14. The monoisotopic (exact) mass is 387 g/mol. The second-order valence-electron chi connectivity index (χ2n) is 6.34. The third-order valence-corrected chi connectivity index (χ3v) is 4.41. The maximum Gasteiger partial charge on any atom is 0.269 e. The van der Waals surface area contributed by atoms with E-state index < -0.39 is 0 Å². The van der Waals surface area contributed by atoms with Gasteiger partial charge in [-0.25, -0.2) is 4.39 Å². The number of hydrogen-bond donors (Lipinski definition) is 1. The van der Waals surface area contributed by atoms with Gasteiger partial charge in [-0.05, 0) is 42.0 Å². The maximum atomic E-state index is 14.4. The Morgan fingerprint density at radius 3 is 2.52 bits per heavy atom. The lowest BCUT2D eigenvalue weighted by Gasteiger charge is -2.05. The maximum absolute atomic E-state index is 14.4. The Bertz CT molecular complexity index is 1110. The topological polar surface area (TPSA) is 72.7 Å². The highest BCUT2D eigenvalue weighted by Gasteiger charge is 2.16. The molecule has 3 aromatic heterocycles. The van der Waals surface area contributed by atoms with Gasteiger partial charge in [-0.1, -0.05) is 18.2 Å². The summed E-state index contributed by atoms with van der Waals surface area (Å²) in [6.45, 7) is 0.800. The summed E-state index contributed by atoms with van der Waals surface area (Å²) < 4.78 is 16.1. The minimum Gasteiger partial charge on any atom is -0.349 e. The Morgan fingerprint density at radius 2 is 1.76 bits per heavy atom. The SMILES string of the molecule is O=C(NCCn1cc(-c2ccncc2)c(-c2ccccc2F)n1)c1ccccn1. The van der Waals surface area contributed by atoms with E-state index in [0.29, 0.717) is 30.0 Å². The highest BCUT2D eigenvalue weighted by molar-refractivity contribution is 5.92. The number of nitrogens with one attached hydrogen (secondary N) is 1. The summed E-state index contributed by atoms with van der Waals surface area (Å²) in [5, 5.41) is 7.40. The Kier molecular flexibility index (Phi) is 5.38. The van der Waals surface area contributed by atoms with Crippen LogP contribution in [0.4, 0.5) is 4.39 Å². The Balaban J connectivity index is 1.57. The molecule has 0 fully saturated rings. The summed E-state index contributed by atoms with van der Waals surface area (Å²) in [6.07, 6.45) is 6.80. The van der Waals surface area contributed by atoms with E-state index in [2.05, 4.69) is 20.4 Å². The van der Waals surface area contributed by atoms with Crippen LogP contribution in [0.15, 0.2) is 79.4 Å². The van der Waals surface area contributed by atoms with Crippen molar-refractivity contribution < 1.29 is 9.18 Å². The zero-order chi connectivity index (χ0) is 20.1. The number of nitrogens with zero attached hydrogens (tertiary/aromatic N) is 4. The molecule has 1 amide bonds. The van der Waals surface area contributed by atoms with Crippen molar-refractivity contribution in [1.82, 2.24) is 25.1 Å². The molecule has 3 heterocycles. The zero-order valence-corrected chi connectivity index (χ0v) is 15.5. The first-order valence-corrected chi connectivity index (χ1v) is 9.14. The molecule has 4 aromatic rings. The van der Waals surface area contributed by atoms with Gasteiger partial charge < -0.3 is 5.32 Å². The van der Waals surface area contributed by atoms with Crippen LogP contribution in [0.5, 0.6) is 0 Å². The van der Waals surface area contributed by atoms with Gasteiger partial charge in [0.05, 0.1) is 6.54 Å². The summed E-state index contributed by atoms with van der Waals surface area (Å²) in [5.41, 5.74) is 3.02. The zero-order valence-electron chi connectivity index (χ0n) is 15.5. The Hall–Kier alpha value is -3.87. The average molecular weight is 387 g/mol. The molecular formula is C22H18FN5O. The van der Waals surface area contributed by atoms with E-state index in [1.807, 2.05) is 18.3 Å². The predicted molar refractivity (Wildman–Crippen MR) is 107 cm³/mol. The highest BCUT2D eigenvalue weighted by atomic mass is 19.1. The van der Waals surface area contributed by atoms with Gasteiger partial charge in [0, 0.05) is 42.5 Å². The molecule has 0 atom stereocenters. The number of halogens is 1. The van der Waals surface area contributed by atoms with Crippen molar-refractivity contribution in [2.24, 2.45) is 0 Å². The minimum atomic E-state index is -0.337. The van der Waals surface area contributed by atoms with Crippen molar-refractivity contribution in [2.75, 3.05) is 6.54 Å². The summed E-state index contributed by atoms with van der Waals surface area (Å²) in [4.78, 5) is 20.2. The minimum absolute atomic E-state index is 0.249. The first-order chi connectivity index (χ1) is 14.2. The molecule has 0 radical (unpaired) electrons. The molecule has 0 bridgehead atoms. The van der Waals surface area contributed by atoms with Crippen LogP contribution in [0.3, 0.4) is 0 Å². The van der Waals surface area contributed by atoms with Crippen LogP contribution in [0.2, 0.25) is 0 Å². The van der Waals surface area contributed by atoms with Gasteiger partial charge in [-0.2, -0.15) is 5.10 Å². The Morgan fingerprint density at radius 1 is 0.966 bits per heavy atom. The number of pyridine rings is 2. The fourth-order valence-corrected chi connectivity index (χ4v) is 3.00. The van der Waals surface area contributed by atoms with Crippen molar-refractivity contribution in [3.63, 3.8) is 0 Å². The number of carbonyl (C=O) groups excluding carboxylic acids is 1. The van der Waals surface area contributed by atoms with Crippen LogP contribution < -0.4 is 5.32 Å². The largest absolute Gasteiger partial charge is 0.349 e. The smallest absolute Gasteiger partial charge is 0.269 e. The first kappa shape index (κ1) is 18.5.